The molecule has 0 bridgehead atoms. The Balaban J connectivity index is 1.41. The summed E-state index contributed by atoms with van der Waals surface area (Å²) in [6.45, 7) is 2.01. The number of benzene rings is 2. The van der Waals surface area contributed by atoms with Gasteiger partial charge < -0.3 is 14.8 Å². The van der Waals surface area contributed by atoms with Crippen LogP contribution in [0.15, 0.2) is 64.8 Å². The number of anilines is 1. The van der Waals surface area contributed by atoms with Crippen LogP contribution in [-0.2, 0) is 0 Å². The average Bonchev–Trinajstić information content (AvgIpc) is 3.47. The van der Waals surface area contributed by atoms with Crippen LogP contribution in [0, 0.1) is 6.92 Å². The molecule has 0 atom stereocenters. The molecule has 1 amide bonds. The Morgan fingerprint density at radius 3 is 3.00 bits per heavy atom. The van der Waals surface area contributed by atoms with Crippen LogP contribution in [0.1, 0.15) is 15.9 Å². The van der Waals surface area contributed by atoms with Crippen LogP contribution in [0.3, 0.4) is 0 Å². The van der Waals surface area contributed by atoms with Crippen LogP contribution < -0.4 is 5.32 Å². The number of aryl methyl sites for hydroxylation is 1. The Labute approximate surface area is 169 Å². The molecule has 0 unspecified atom stereocenters. The second kappa shape index (κ2) is 6.99. The van der Waals surface area contributed by atoms with Crippen molar-refractivity contribution in [1.82, 2.24) is 20.1 Å². The van der Waals surface area contributed by atoms with Gasteiger partial charge in [0.2, 0.25) is 5.82 Å². The lowest BCUT2D eigenvalue weighted by Gasteiger charge is -2.04. The van der Waals surface area contributed by atoms with Crippen molar-refractivity contribution in [3.63, 3.8) is 0 Å². The minimum absolute atomic E-state index is 0.223. The quantitative estimate of drug-likeness (QED) is 0.446. The highest BCUT2D eigenvalue weighted by atomic mass is 32.1. The molecule has 142 valence electrons. The van der Waals surface area contributed by atoms with Crippen LogP contribution in [0.25, 0.3) is 33.2 Å². The van der Waals surface area contributed by atoms with Gasteiger partial charge >= 0.3 is 0 Å². The number of hydrogen-bond acceptors (Lipinski definition) is 6. The standard InChI is InChI=1S/C21H15N5O2S/c1-12-3-2-4-13(9-12)19-25-21(28-26-19)18-16(7-8-29-18)24-20(27)14-5-6-15-17(10-14)23-11-22-15/h2-11H,1H3,(H,22,23)(H,24,27). The molecule has 0 aliphatic heterocycles. The summed E-state index contributed by atoms with van der Waals surface area (Å²) in [4.78, 5) is 25.1. The summed E-state index contributed by atoms with van der Waals surface area (Å²) in [7, 11) is 0. The van der Waals surface area contributed by atoms with E-state index < -0.39 is 0 Å². The SMILES string of the molecule is Cc1cccc(-c2noc(-c3sccc3NC(=O)c3ccc4nc[nH]c4c3)n2)c1. The first-order valence-electron chi connectivity index (χ1n) is 8.90. The molecule has 0 aliphatic carbocycles. The first kappa shape index (κ1) is 17.3. The number of carbonyl (C=O) groups excluding carboxylic acids is 1. The highest BCUT2D eigenvalue weighted by Crippen LogP contribution is 2.34. The van der Waals surface area contributed by atoms with Crippen molar-refractivity contribution < 1.29 is 9.32 Å². The fourth-order valence-corrected chi connectivity index (χ4v) is 3.83. The molecule has 0 aliphatic rings. The van der Waals surface area contributed by atoms with E-state index in [1.807, 2.05) is 42.6 Å². The third kappa shape index (κ3) is 3.30. The van der Waals surface area contributed by atoms with Gasteiger partial charge in [-0.2, -0.15) is 4.98 Å². The molecule has 2 aromatic carbocycles. The van der Waals surface area contributed by atoms with E-state index in [9.17, 15) is 4.79 Å². The monoisotopic (exact) mass is 401 g/mol. The molecular weight excluding hydrogens is 386 g/mol. The van der Waals surface area contributed by atoms with Gasteiger partial charge in [-0.3, -0.25) is 4.79 Å². The fraction of sp³-hybridized carbons (Fsp3) is 0.0476. The molecule has 5 rings (SSSR count). The minimum Gasteiger partial charge on any atom is -0.345 e. The van der Waals surface area contributed by atoms with Crippen molar-refractivity contribution in [2.75, 3.05) is 5.32 Å². The first-order valence-corrected chi connectivity index (χ1v) is 9.78. The van der Waals surface area contributed by atoms with Gasteiger partial charge in [-0.05, 0) is 42.6 Å². The maximum atomic E-state index is 12.7. The normalized spacial score (nSPS) is 11.1. The number of fused-ring (bicyclic) bond motifs is 1. The number of aromatic amines is 1. The van der Waals surface area contributed by atoms with Gasteiger partial charge in [0, 0.05) is 11.1 Å². The van der Waals surface area contributed by atoms with Gasteiger partial charge in [0.15, 0.2) is 0 Å². The van der Waals surface area contributed by atoms with Crippen LogP contribution in [0.4, 0.5) is 5.69 Å². The molecule has 0 spiro atoms. The maximum absolute atomic E-state index is 12.7. The number of imidazole rings is 1. The zero-order chi connectivity index (χ0) is 19.8. The Kier molecular flexibility index (Phi) is 4.18. The molecule has 29 heavy (non-hydrogen) atoms. The third-order valence-corrected chi connectivity index (χ3v) is 5.39. The Bertz CT molecular complexity index is 1330. The van der Waals surface area contributed by atoms with Gasteiger partial charge in [0.1, 0.15) is 4.88 Å². The number of nitrogens with one attached hydrogen (secondary N) is 2. The molecule has 3 aromatic heterocycles. The van der Waals surface area contributed by atoms with E-state index in [0.717, 1.165) is 22.2 Å². The van der Waals surface area contributed by atoms with Crippen molar-refractivity contribution in [1.29, 1.82) is 0 Å². The summed E-state index contributed by atoms with van der Waals surface area (Å²) in [5.74, 6) is 0.662. The van der Waals surface area contributed by atoms with Crippen LogP contribution in [0.2, 0.25) is 0 Å². The topological polar surface area (TPSA) is 96.7 Å². The highest BCUT2D eigenvalue weighted by Gasteiger charge is 2.18. The van der Waals surface area contributed by atoms with Gasteiger partial charge in [-0.1, -0.05) is 28.9 Å². The van der Waals surface area contributed by atoms with Gasteiger partial charge in [0.05, 0.1) is 23.0 Å². The number of rotatable bonds is 4. The zero-order valence-corrected chi connectivity index (χ0v) is 16.2. The van der Waals surface area contributed by atoms with Crippen LogP contribution in [0.5, 0.6) is 0 Å². The van der Waals surface area contributed by atoms with E-state index in [1.54, 1.807) is 24.5 Å². The zero-order valence-electron chi connectivity index (χ0n) is 15.3. The van der Waals surface area contributed by atoms with Crippen molar-refractivity contribution in [2.24, 2.45) is 0 Å². The Morgan fingerprint density at radius 2 is 2.10 bits per heavy atom. The summed E-state index contributed by atoms with van der Waals surface area (Å²) < 4.78 is 5.46. The van der Waals surface area contributed by atoms with E-state index in [0.29, 0.717) is 27.8 Å². The molecular formula is C21H15N5O2S. The van der Waals surface area contributed by atoms with Crippen LogP contribution >= 0.6 is 11.3 Å². The molecule has 7 nitrogen and oxygen atoms in total. The summed E-state index contributed by atoms with van der Waals surface area (Å²) in [5.41, 5.74) is 4.78. The van der Waals surface area contributed by atoms with Crippen LogP contribution in [-0.4, -0.2) is 26.0 Å². The number of hydrogen-bond donors (Lipinski definition) is 2. The smallest absolute Gasteiger partial charge is 0.270 e. The molecule has 3 heterocycles. The summed E-state index contributed by atoms with van der Waals surface area (Å²) >= 11 is 1.43. The highest BCUT2D eigenvalue weighted by molar-refractivity contribution is 7.14. The Morgan fingerprint density at radius 1 is 1.17 bits per heavy atom. The van der Waals surface area contributed by atoms with Crippen molar-refractivity contribution in [3.8, 4) is 22.2 Å². The summed E-state index contributed by atoms with van der Waals surface area (Å²) in [6.07, 6.45) is 1.60. The van der Waals surface area contributed by atoms with E-state index in [4.69, 9.17) is 4.52 Å². The number of carbonyl (C=O) groups is 1. The maximum Gasteiger partial charge on any atom is 0.270 e. The second-order valence-corrected chi connectivity index (χ2v) is 7.46. The summed E-state index contributed by atoms with van der Waals surface area (Å²) in [5, 5.41) is 8.89. The third-order valence-electron chi connectivity index (χ3n) is 4.49. The predicted molar refractivity (Wildman–Crippen MR) is 112 cm³/mol. The number of amides is 1. The molecule has 0 saturated carbocycles. The number of H-pyrrole nitrogens is 1. The van der Waals surface area contributed by atoms with E-state index in [1.165, 1.54) is 11.3 Å². The van der Waals surface area contributed by atoms with E-state index in [-0.39, 0.29) is 5.91 Å². The summed E-state index contributed by atoms with van der Waals surface area (Å²) in [6, 6.07) is 15.0. The molecule has 0 fully saturated rings. The minimum atomic E-state index is -0.223. The number of thiophene rings is 1. The van der Waals surface area contributed by atoms with Crippen molar-refractivity contribution >= 4 is 34.0 Å². The van der Waals surface area contributed by atoms with Crippen molar-refractivity contribution in [2.45, 2.75) is 6.92 Å². The lowest BCUT2D eigenvalue weighted by Crippen LogP contribution is -2.11. The van der Waals surface area contributed by atoms with Crippen molar-refractivity contribution in [3.05, 3.63) is 71.4 Å². The number of aromatic nitrogens is 4. The number of nitrogens with zero attached hydrogens (tertiary/aromatic N) is 3. The van der Waals surface area contributed by atoms with E-state index >= 15 is 0 Å². The molecule has 5 aromatic rings. The van der Waals surface area contributed by atoms with E-state index in [2.05, 4.69) is 25.4 Å². The second-order valence-electron chi connectivity index (χ2n) is 6.54. The molecule has 0 radical (unpaired) electrons. The lowest BCUT2D eigenvalue weighted by molar-refractivity contribution is 0.102. The van der Waals surface area contributed by atoms with Gasteiger partial charge in [-0.15, -0.1) is 11.3 Å². The molecule has 0 saturated heterocycles. The predicted octanol–water partition coefficient (Wildman–Crippen LogP) is 4.90. The molecule has 2 N–H and O–H groups in total. The average molecular weight is 401 g/mol. The lowest BCUT2D eigenvalue weighted by atomic mass is 10.1. The fourth-order valence-electron chi connectivity index (χ4n) is 3.06. The molecule has 8 heteroatoms. The van der Waals surface area contributed by atoms with Gasteiger partial charge in [0.25, 0.3) is 11.8 Å². The van der Waals surface area contributed by atoms with Gasteiger partial charge in [-0.25, -0.2) is 4.98 Å². The Hall–Kier alpha value is -3.78. The first-order chi connectivity index (χ1) is 14.2. The largest absolute Gasteiger partial charge is 0.345 e.